The number of Topliss-reactive ketones (excluding diaryl/α,β-unsaturated/α-hetero) is 1. The quantitative estimate of drug-likeness (QED) is 0.751. The second kappa shape index (κ2) is 9.28. The zero-order valence-electron chi connectivity index (χ0n) is 15.8. The monoisotopic (exact) mass is 403 g/mol. The van der Waals surface area contributed by atoms with Crippen molar-refractivity contribution >= 4 is 29.0 Å². The van der Waals surface area contributed by atoms with Crippen molar-refractivity contribution in [3.8, 4) is 0 Å². The highest BCUT2D eigenvalue weighted by Crippen LogP contribution is 2.18. The van der Waals surface area contributed by atoms with Crippen molar-refractivity contribution in [3.05, 3.63) is 64.4 Å². The van der Waals surface area contributed by atoms with Crippen molar-refractivity contribution in [2.45, 2.75) is 13.5 Å². The van der Waals surface area contributed by atoms with E-state index >= 15 is 0 Å². The fourth-order valence-corrected chi connectivity index (χ4v) is 3.40. The molecule has 3 rings (SSSR count). The molecule has 148 valence electrons. The van der Waals surface area contributed by atoms with Crippen LogP contribution >= 0.6 is 11.6 Å². The van der Waals surface area contributed by atoms with Crippen LogP contribution in [0.4, 0.5) is 10.1 Å². The highest BCUT2D eigenvalue weighted by atomic mass is 35.5. The van der Waals surface area contributed by atoms with E-state index in [2.05, 4.69) is 15.1 Å². The summed E-state index contributed by atoms with van der Waals surface area (Å²) in [7, 11) is 0. The SMILES string of the molecule is CC(=O)c1ccc(NC(=O)CN2CCN(Cc3ccc(F)c(Cl)c3)CC2)cc1. The molecule has 1 amide bonds. The van der Waals surface area contributed by atoms with E-state index in [9.17, 15) is 14.0 Å². The summed E-state index contributed by atoms with van der Waals surface area (Å²) in [6.07, 6.45) is 0. The fourth-order valence-electron chi connectivity index (χ4n) is 3.19. The number of halogens is 2. The van der Waals surface area contributed by atoms with Gasteiger partial charge in [0.2, 0.25) is 5.91 Å². The minimum atomic E-state index is -0.405. The maximum Gasteiger partial charge on any atom is 0.238 e. The van der Waals surface area contributed by atoms with Crippen molar-refractivity contribution in [2.75, 3.05) is 38.0 Å². The first-order valence-electron chi connectivity index (χ1n) is 9.20. The number of rotatable bonds is 6. The lowest BCUT2D eigenvalue weighted by Gasteiger charge is -2.34. The van der Waals surface area contributed by atoms with Crippen LogP contribution in [0.15, 0.2) is 42.5 Å². The summed E-state index contributed by atoms with van der Waals surface area (Å²) in [5.41, 5.74) is 2.28. The molecule has 0 bridgehead atoms. The lowest BCUT2D eigenvalue weighted by Crippen LogP contribution is -2.48. The van der Waals surface area contributed by atoms with Crippen LogP contribution in [0.5, 0.6) is 0 Å². The normalized spacial score (nSPS) is 15.4. The van der Waals surface area contributed by atoms with E-state index in [4.69, 9.17) is 11.6 Å². The molecule has 0 spiro atoms. The van der Waals surface area contributed by atoms with E-state index in [0.717, 1.165) is 31.7 Å². The fraction of sp³-hybridized carbons (Fsp3) is 0.333. The summed E-state index contributed by atoms with van der Waals surface area (Å²) in [6.45, 7) is 5.77. The van der Waals surface area contributed by atoms with Gasteiger partial charge in [0.05, 0.1) is 11.6 Å². The Balaban J connectivity index is 1.43. The van der Waals surface area contributed by atoms with Gasteiger partial charge in [-0.15, -0.1) is 0 Å². The molecule has 0 saturated carbocycles. The Hall–Kier alpha value is -2.28. The molecule has 0 aromatic heterocycles. The molecular weight excluding hydrogens is 381 g/mol. The smallest absolute Gasteiger partial charge is 0.238 e. The largest absolute Gasteiger partial charge is 0.325 e. The average Bonchev–Trinajstić information content (AvgIpc) is 2.67. The van der Waals surface area contributed by atoms with Crippen molar-refractivity contribution < 1.29 is 14.0 Å². The zero-order valence-corrected chi connectivity index (χ0v) is 16.5. The molecule has 5 nitrogen and oxygen atoms in total. The minimum absolute atomic E-state index is 0.00124. The summed E-state index contributed by atoms with van der Waals surface area (Å²) >= 11 is 5.84. The molecule has 1 aliphatic rings. The molecule has 1 N–H and O–H groups in total. The van der Waals surface area contributed by atoms with Gasteiger partial charge in [-0.2, -0.15) is 0 Å². The Morgan fingerprint density at radius 3 is 2.29 bits per heavy atom. The van der Waals surface area contributed by atoms with Gasteiger partial charge in [0.15, 0.2) is 5.78 Å². The van der Waals surface area contributed by atoms with Gasteiger partial charge in [0.1, 0.15) is 5.82 Å². The van der Waals surface area contributed by atoms with Crippen molar-refractivity contribution in [1.82, 2.24) is 9.80 Å². The van der Waals surface area contributed by atoms with Crippen LogP contribution in [0.3, 0.4) is 0 Å². The van der Waals surface area contributed by atoms with Crippen LogP contribution in [-0.4, -0.2) is 54.2 Å². The minimum Gasteiger partial charge on any atom is -0.325 e. The maximum atomic E-state index is 13.3. The van der Waals surface area contributed by atoms with Gasteiger partial charge in [-0.3, -0.25) is 19.4 Å². The summed E-state index contributed by atoms with van der Waals surface area (Å²) in [4.78, 5) is 27.9. The van der Waals surface area contributed by atoms with Gasteiger partial charge < -0.3 is 5.32 Å². The van der Waals surface area contributed by atoms with Crippen molar-refractivity contribution in [1.29, 1.82) is 0 Å². The summed E-state index contributed by atoms with van der Waals surface area (Å²) in [6, 6.07) is 11.7. The van der Waals surface area contributed by atoms with E-state index in [1.807, 2.05) is 0 Å². The topological polar surface area (TPSA) is 52.7 Å². The first-order chi connectivity index (χ1) is 13.4. The van der Waals surface area contributed by atoms with Crippen LogP contribution in [0.25, 0.3) is 0 Å². The molecule has 28 heavy (non-hydrogen) atoms. The molecule has 1 aliphatic heterocycles. The maximum absolute atomic E-state index is 13.3. The number of anilines is 1. The standard InChI is InChI=1S/C21H23ClFN3O2/c1-15(27)17-3-5-18(6-4-17)24-21(28)14-26-10-8-25(9-11-26)13-16-2-7-20(23)19(22)12-16/h2-7,12H,8-11,13-14H2,1H3,(H,24,28). The van der Waals surface area contributed by atoms with E-state index in [-0.39, 0.29) is 16.7 Å². The number of amides is 1. The number of benzene rings is 2. The van der Waals surface area contributed by atoms with Gasteiger partial charge in [-0.05, 0) is 48.9 Å². The van der Waals surface area contributed by atoms with Crippen LogP contribution < -0.4 is 5.32 Å². The number of hydrogen-bond donors (Lipinski definition) is 1. The molecule has 2 aromatic rings. The first-order valence-corrected chi connectivity index (χ1v) is 9.58. The van der Waals surface area contributed by atoms with Crippen LogP contribution in [0.2, 0.25) is 5.02 Å². The highest BCUT2D eigenvalue weighted by Gasteiger charge is 2.19. The number of nitrogens with one attached hydrogen (secondary N) is 1. The third kappa shape index (κ3) is 5.61. The van der Waals surface area contributed by atoms with E-state index in [1.165, 1.54) is 13.0 Å². The second-order valence-corrected chi connectivity index (χ2v) is 7.39. The number of nitrogens with zero attached hydrogens (tertiary/aromatic N) is 2. The predicted molar refractivity (Wildman–Crippen MR) is 108 cm³/mol. The second-order valence-electron chi connectivity index (χ2n) is 6.98. The average molecular weight is 404 g/mol. The Bertz CT molecular complexity index is 849. The Labute approximate surface area is 169 Å². The van der Waals surface area contributed by atoms with Gasteiger partial charge in [0.25, 0.3) is 0 Å². The number of piperazine rings is 1. The third-order valence-electron chi connectivity index (χ3n) is 4.80. The summed E-state index contributed by atoms with van der Waals surface area (Å²) in [5.74, 6) is -0.481. The van der Waals surface area contributed by atoms with Gasteiger partial charge in [-0.1, -0.05) is 17.7 Å². The molecule has 0 atom stereocenters. The van der Waals surface area contributed by atoms with Gasteiger partial charge >= 0.3 is 0 Å². The molecule has 1 saturated heterocycles. The van der Waals surface area contributed by atoms with Crippen LogP contribution in [0, 0.1) is 5.82 Å². The van der Waals surface area contributed by atoms with Crippen molar-refractivity contribution in [2.24, 2.45) is 0 Å². The molecule has 0 unspecified atom stereocenters. The molecule has 1 heterocycles. The molecular formula is C21H23ClFN3O2. The van der Waals surface area contributed by atoms with Crippen molar-refractivity contribution in [3.63, 3.8) is 0 Å². The number of ketones is 1. The number of carbonyl (C=O) groups is 2. The summed E-state index contributed by atoms with van der Waals surface area (Å²) < 4.78 is 13.3. The highest BCUT2D eigenvalue weighted by molar-refractivity contribution is 6.30. The summed E-state index contributed by atoms with van der Waals surface area (Å²) in [5, 5.41) is 3.00. The van der Waals surface area contributed by atoms with Crippen LogP contribution in [-0.2, 0) is 11.3 Å². The first kappa shape index (κ1) is 20.5. The Morgan fingerprint density at radius 2 is 1.68 bits per heavy atom. The third-order valence-corrected chi connectivity index (χ3v) is 5.09. The number of hydrogen-bond acceptors (Lipinski definition) is 4. The van der Waals surface area contributed by atoms with E-state index in [1.54, 1.807) is 36.4 Å². The lowest BCUT2D eigenvalue weighted by molar-refractivity contribution is -0.117. The van der Waals surface area contributed by atoms with E-state index < -0.39 is 5.82 Å². The zero-order chi connectivity index (χ0) is 20.1. The Morgan fingerprint density at radius 1 is 1.04 bits per heavy atom. The van der Waals surface area contributed by atoms with Gasteiger partial charge in [-0.25, -0.2) is 4.39 Å². The molecule has 7 heteroatoms. The molecule has 0 aliphatic carbocycles. The van der Waals surface area contributed by atoms with Gasteiger partial charge in [0, 0.05) is 44.0 Å². The Kier molecular flexibility index (Phi) is 6.78. The lowest BCUT2D eigenvalue weighted by atomic mass is 10.1. The molecule has 0 radical (unpaired) electrons. The molecule has 1 fully saturated rings. The predicted octanol–water partition coefficient (Wildman–Crippen LogP) is 3.44. The van der Waals surface area contributed by atoms with E-state index in [0.29, 0.717) is 24.3 Å². The molecule has 2 aromatic carbocycles. The number of carbonyl (C=O) groups excluding carboxylic acids is 2. The van der Waals surface area contributed by atoms with Crippen LogP contribution in [0.1, 0.15) is 22.8 Å².